The lowest BCUT2D eigenvalue weighted by atomic mass is 9.81. The third kappa shape index (κ3) is 0.545. The Kier molecular flexibility index (Phi) is 0.915. The van der Waals surface area contributed by atoms with Gasteiger partial charge in [0.25, 0.3) is 0 Å². The van der Waals surface area contributed by atoms with Crippen LogP contribution in [0.2, 0.25) is 0 Å². The first-order chi connectivity index (χ1) is 5.27. The standard InChI is InChI=1S/C10H15N/c1-6-3-9-8-4-7(6)5-10(8)11(9)2/h3,6-8,10H,4-5H2,1-2H3. The largest absolute Gasteiger partial charge is 0.374 e. The van der Waals surface area contributed by atoms with Gasteiger partial charge in [0.05, 0.1) is 0 Å². The maximum atomic E-state index is 2.50. The molecule has 1 aliphatic heterocycles. The summed E-state index contributed by atoms with van der Waals surface area (Å²) in [5.41, 5.74) is 1.65. The zero-order valence-corrected chi connectivity index (χ0v) is 7.25. The summed E-state index contributed by atoms with van der Waals surface area (Å²) in [5.74, 6) is 2.84. The van der Waals surface area contributed by atoms with E-state index >= 15 is 0 Å². The van der Waals surface area contributed by atoms with Crippen LogP contribution in [0.1, 0.15) is 19.8 Å². The molecule has 60 valence electrons. The molecule has 2 aliphatic carbocycles. The molecule has 0 aromatic rings. The molecule has 3 aliphatic rings. The Morgan fingerprint density at radius 1 is 1.45 bits per heavy atom. The fourth-order valence-corrected chi connectivity index (χ4v) is 3.25. The average Bonchev–Trinajstić information content (AvgIpc) is 2.29. The second-order valence-corrected chi connectivity index (χ2v) is 4.47. The van der Waals surface area contributed by atoms with Gasteiger partial charge in [-0.1, -0.05) is 13.0 Å². The molecule has 0 aromatic carbocycles. The van der Waals surface area contributed by atoms with Gasteiger partial charge in [0.1, 0.15) is 0 Å². The molecular weight excluding hydrogens is 134 g/mol. The molecule has 0 radical (unpaired) electrons. The van der Waals surface area contributed by atoms with E-state index in [1.54, 1.807) is 5.70 Å². The van der Waals surface area contributed by atoms with Gasteiger partial charge in [-0.05, 0) is 24.7 Å². The van der Waals surface area contributed by atoms with Gasteiger partial charge in [-0.25, -0.2) is 0 Å². The van der Waals surface area contributed by atoms with Crippen molar-refractivity contribution in [3.63, 3.8) is 0 Å². The van der Waals surface area contributed by atoms with E-state index in [1.807, 2.05) is 0 Å². The minimum absolute atomic E-state index is 0.858. The normalized spacial score (nSPS) is 52.2. The first-order valence-corrected chi connectivity index (χ1v) is 4.72. The number of hydrogen-bond donors (Lipinski definition) is 0. The quantitative estimate of drug-likeness (QED) is 0.508. The van der Waals surface area contributed by atoms with Gasteiger partial charge in [0, 0.05) is 24.7 Å². The summed E-state index contributed by atoms with van der Waals surface area (Å²) in [6.45, 7) is 2.38. The zero-order valence-electron chi connectivity index (χ0n) is 7.25. The fraction of sp³-hybridized carbons (Fsp3) is 0.800. The number of nitrogens with zero attached hydrogens (tertiary/aromatic N) is 1. The number of fused-ring (bicyclic) bond motifs is 1. The van der Waals surface area contributed by atoms with E-state index < -0.39 is 0 Å². The first kappa shape index (κ1) is 6.10. The van der Waals surface area contributed by atoms with Crippen molar-refractivity contribution in [3.05, 3.63) is 11.8 Å². The monoisotopic (exact) mass is 149 g/mol. The van der Waals surface area contributed by atoms with Gasteiger partial charge in [-0.15, -0.1) is 0 Å². The van der Waals surface area contributed by atoms with E-state index in [0.29, 0.717) is 0 Å². The van der Waals surface area contributed by atoms with Crippen LogP contribution in [0.4, 0.5) is 0 Å². The van der Waals surface area contributed by atoms with E-state index in [0.717, 1.165) is 23.8 Å². The number of allylic oxidation sites excluding steroid dienone is 1. The third-order valence-electron chi connectivity index (χ3n) is 4.03. The van der Waals surface area contributed by atoms with Crippen LogP contribution < -0.4 is 0 Å². The number of hydrogen-bond acceptors (Lipinski definition) is 1. The SMILES string of the molecule is CC1C=C2C3CC1CC3N2C. The lowest BCUT2D eigenvalue weighted by molar-refractivity contribution is 0.139. The van der Waals surface area contributed by atoms with Crippen LogP contribution in [0, 0.1) is 17.8 Å². The van der Waals surface area contributed by atoms with E-state index in [2.05, 4.69) is 24.9 Å². The van der Waals surface area contributed by atoms with E-state index in [1.165, 1.54) is 12.8 Å². The maximum absolute atomic E-state index is 2.50. The zero-order chi connectivity index (χ0) is 7.59. The summed E-state index contributed by atoms with van der Waals surface area (Å²) in [7, 11) is 2.26. The van der Waals surface area contributed by atoms with Crippen molar-refractivity contribution in [3.8, 4) is 0 Å². The van der Waals surface area contributed by atoms with Gasteiger partial charge in [-0.2, -0.15) is 0 Å². The van der Waals surface area contributed by atoms with Crippen molar-refractivity contribution in [1.82, 2.24) is 4.90 Å². The fourth-order valence-electron chi connectivity index (χ4n) is 3.25. The van der Waals surface area contributed by atoms with Crippen LogP contribution in [-0.4, -0.2) is 18.0 Å². The van der Waals surface area contributed by atoms with Crippen molar-refractivity contribution in [2.75, 3.05) is 7.05 Å². The Morgan fingerprint density at radius 3 is 3.09 bits per heavy atom. The minimum atomic E-state index is 0.858. The van der Waals surface area contributed by atoms with E-state index in [4.69, 9.17) is 0 Å². The van der Waals surface area contributed by atoms with E-state index in [9.17, 15) is 0 Å². The highest BCUT2D eigenvalue weighted by Gasteiger charge is 2.51. The molecule has 1 nitrogen and oxygen atoms in total. The molecule has 4 unspecified atom stereocenters. The molecule has 1 heteroatoms. The summed E-state index contributed by atoms with van der Waals surface area (Å²) >= 11 is 0. The van der Waals surface area contributed by atoms with Crippen LogP contribution in [0.25, 0.3) is 0 Å². The molecule has 1 heterocycles. The molecule has 0 aromatic heterocycles. The highest BCUT2D eigenvalue weighted by atomic mass is 15.2. The van der Waals surface area contributed by atoms with Crippen molar-refractivity contribution in [2.24, 2.45) is 17.8 Å². The molecule has 11 heavy (non-hydrogen) atoms. The summed E-state index contributed by atoms with van der Waals surface area (Å²) in [5, 5.41) is 0. The predicted molar refractivity (Wildman–Crippen MR) is 45.0 cm³/mol. The summed E-state index contributed by atoms with van der Waals surface area (Å²) in [4.78, 5) is 2.49. The molecule has 2 fully saturated rings. The highest BCUT2D eigenvalue weighted by molar-refractivity contribution is 5.27. The topological polar surface area (TPSA) is 3.24 Å². The van der Waals surface area contributed by atoms with Crippen molar-refractivity contribution in [2.45, 2.75) is 25.8 Å². The van der Waals surface area contributed by atoms with Crippen molar-refractivity contribution in [1.29, 1.82) is 0 Å². The van der Waals surface area contributed by atoms with Crippen LogP contribution >= 0.6 is 0 Å². The molecule has 1 saturated carbocycles. The highest BCUT2D eigenvalue weighted by Crippen LogP contribution is 2.54. The Labute approximate surface area is 68.1 Å². The summed E-state index contributed by atoms with van der Waals surface area (Å²) in [6.07, 6.45) is 5.45. The third-order valence-corrected chi connectivity index (χ3v) is 4.03. The number of likely N-dealkylation sites (tertiary alicyclic amines) is 1. The second-order valence-electron chi connectivity index (χ2n) is 4.47. The van der Waals surface area contributed by atoms with E-state index in [-0.39, 0.29) is 0 Å². The van der Waals surface area contributed by atoms with Crippen molar-refractivity contribution >= 4 is 0 Å². The van der Waals surface area contributed by atoms with Crippen LogP contribution in [0.3, 0.4) is 0 Å². The van der Waals surface area contributed by atoms with Crippen molar-refractivity contribution < 1.29 is 0 Å². The Morgan fingerprint density at radius 2 is 2.27 bits per heavy atom. The molecule has 3 rings (SSSR count). The Balaban J connectivity index is 2.05. The lowest BCUT2D eigenvalue weighted by Crippen LogP contribution is -2.48. The van der Waals surface area contributed by atoms with Gasteiger partial charge in [-0.3, -0.25) is 0 Å². The van der Waals surface area contributed by atoms with Gasteiger partial charge in [0.2, 0.25) is 0 Å². The predicted octanol–water partition coefficient (Wildman–Crippen LogP) is 1.86. The summed E-state index contributed by atoms with van der Waals surface area (Å²) < 4.78 is 0. The minimum Gasteiger partial charge on any atom is -0.374 e. The molecule has 0 spiro atoms. The molecule has 0 amide bonds. The van der Waals surface area contributed by atoms with Crippen LogP contribution in [0.5, 0.6) is 0 Å². The molecule has 2 bridgehead atoms. The van der Waals surface area contributed by atoms with Gasteiger partial charge in [0.15, 0.2) is 0 Å². The molecular formula is C10H15N. The number of rotatable bonds is 0. The average molecular weight is 149 g/mol. The smallest absolute Gasteiger partial charge is 0.0369 e. The molecule has 1 saturated heterocycles. The molecule has 4 atom stereocenters. The van der Waals surface area contributed by atoms with Gasteiger partial charge >= 0.3 is 0 Å². The first-order valence-electron chi connectivity index (χ1n) is 4.72. The molecule has 0 N–H and O–H groups in total. The second kappa shape index (κ2) is 1.65. The van der Waals surface area contributed by atoms with Gasteiger partial charge < -0.3 is 4.90 Å². The lowest BCUT2D eigenvalue weighted by Gasteiger charge is -2.47. The maximum Gasteiger partial charge on any atom is 0.0369 e. The Bertz CT molecular complexity index is 231. The Hall–Kier alpha value is -0.460. The summed E-state index contributed by atoms with van der Waals surface area (Å²) in [6, 6.07) is 0.927. The van der Waals surface area contributed by atoms with Crippen LogP contribution in [-0.2, 0) is 0 Å². The van der Waals surface area contributed by atoms with Crippen LogP contribution in [0.15, 0.2) is 11.8 Å².